The van der Waals surface area contributed by atoms with Gasteiger partial charge in [-0.15, -0.1) is 6.42 Å². The largest absolute Gasteiger partial charge is 0.345 e. The first kappa shape index (κ1) is 19.4. The Kier molecular flexibility index (Phi) is 5.85. The summed E-state index contributed by atoms with van der Waals surface area (Å²) in [7, 11) is -3.75. The minimum absolute atomic E-state index is 0.000125. The van der Waals surface area contributed by atoms with Crippen molar-refractivity contribution in [2.75, 3.05) is 6.54 Å². The number of carbonyl (C=O) groups is 1. The van der Waals surface area contributed by atoms with E-state index in [1.54, 1.807) is 18.2 Å². The third-order valence-electron chi connectivity index (χ3n) is 4.38. The second-order valence-corrected chi connectivity index (χ2v) is 8.60. The molecule has 2 aromatic rings. The van der Waals surface area contributed by atoms with Gasteiger partial charge < -0.3 is 5.32 Å². The molecule has 1 amide bonds. The van der Waals surface area contributed by atoms with Crippen molar-refractivity contribution in [3.05, 3.63) is 64.7 Å². The Hall–Kier alpha value is -2.33. The molecule has 3 rings (SSSR count). The molecule has 0 spiro atoms. The molecule has 1 unspecified atom stereocenters. The lowest BCUT2D eigenvalue weighted by atomic mass is 10.0. The van der Waals surface area contributed by atoms with Gasteiger partial charge in [0, 0.05) is 10.6 Å². The lowest BCUT2D eigenvalue weighted by molar-refractivity contribution is 0.0931. The highest BCUT2D eigenvalue weighted by atomic mass is 35.5. The number of amides is 1. The van der Waals surface area contributed by atoms with Crippen molar-refractivity contribution in [1.29, 1.82) is 0 Å². The maximum Gasteiger partial charge on any atom is 0.251 e. The summed E-state index contributed by atoms with van der Waals surface area (Å²) in [6.07, 6.45) is 7.18. The van der Waals surface area contributed by atoms with Crippen LogP contribution in [-0.4, -0.2) is 20.9 Å². The van der Waals surface area contributed by atoms with Gasteiger partial charge >= 0.3 is 0 Å². The molecule has 0 aromatic heterocycles. The van der Waals surface area contributed by atoms with Crippen molar-refractivity contribution < 1.29 is 13.2 Å². The highest BCUT2D eigenvalue weighted by Crippen LogP contribution is 2.41. The summed E-state index contributed by atoms with van der Waals surface area (Å²) in [5.74, 6) is 2.27. The van der Waals surface area contributed by atoms with Crippen LogP contribution in [0.1, 0.15) is 34.8 Å². The molecule has 0 radical (unpaired) electrons. The molecule has 1 aliphatic rings. The van der Waals surface area contributed by atoms with Gasteiger partial charge in [-0.05, 0) is 54.7 Å². The van der Waals surface area contributed by atoms with E-state index in [1.165, 1.54) is 18.2 Å². The fourth-order valence-electron chi connectivity index (χ4n) is 2.82. The average Bonchev–Trinajstić information content (AvgIpc) is 3.50. The summed E-state index contributed by atoms with van der Waals surface area (Å²) in [6.45, 7) is -0.112. The number of hydrogen-bond donors (Lipinski definition) is 2. The van der Waals surface area contributed by atoms with Crippen LogP contribution in [0, 0.1) is 18.3 Å². The first-order valence-electron chi connectivity index (χ1n) is 8.50. The average molecular weight is 403 g/mol. The standard InChI is InChI=1S/C20H19ClN2O3S/c1-2-12-22-27(25,26)18-5-3-4-16(13-18)20(24)23-19(14-6-7-14)15-8-10-17(21)11-9-15/h1,3-5,8-11,13-14,19,22H,6-7,12H2,(H,23,24). The second kappa shape index (κ2) is 8.13. The predicted octanol–water partition coefficient (Wildman–Crippen LogP) is 3.13. The normalized spacial score (nSPS) is 15.0. The van der Waals surface area contributed by atoms with Gasteiger partial charge in [-0.3, -0.25) is 4.79 Å². The second-order valence-electron chi connectivity index (χ2n) is 6.40. The number of sulfonamides is 1. The Balaban J connectivity index is 1.80. The molecule has 7 heteroatoms. The van der Waals surface area contributed by atoms with E-state index >= 15 is 0 Å². The number of terminal acetylenes is 1. The summed E-state index contributed by atoms with van der Waals surface area (Å²) >= 11 is 5.95. The number of carbonyl (C=O) groups excluding carboxylic acids is 1. The van der Waals surface area contributed by atoms with E-state index in [1.807, 2.05) is 12.1 Å². The fraction of sp³-hybridized carbons (Fsp3) is 0.250. The fourth-order valence-corrected chi connectivity index (χ4v) is 3.93. The first-order valence-corrected chi connectivity index (χ1v) is 10.4. The summed E-state index contributed by atoms with van der Waals surface area (Å²) in [6, 6.07) is 13.1. The molecular weight excluding hydrogens is 384 g/mol. The van der Waals surface area contributed by atoms with Crippen LogP contribution >= 0.6 is 11.6 Å². The van der Waals surface area contributed by atoms with Gasteiger partial charge in [0.05, 0.1) is 17.5 Å². The highest BCUT2D eigenvalue weighted by Gasteiger charge is 2.33. The van der Waals surface area contributed by atoms with Crippen LogP contribution in [0.4, 0.5) is 0 Å². The lowest BCUT2D eigenvalue weighted by Crippen LogP contribution is -2.30. The van der Waals surface area contributed by atoms with Gasteiger partial charge in [0.2, 0.25) is 10.0 Å². The molecule has 0 bridgehead atoms. The first-order chi connectivity index (χ1) is 12.9. The Bertz CT molecular complexity index is 977. The van der Waals surface area contributed by atoms with E-state index < -0.39 is 10.0 Å². The predicted molar refractivity (Wildman–Crippen MR) is 105 cm³/mol. The Morgan fingerprint density at radius 1 is 1.22 bits per heavy atom. The van der Waals surface area contributed by atoms with Gasteiger partial charge in [-0.2, -0.15) is 4.72 Å². The minimum atomic E-state index is -3.75. The third-order valence-corrected chi connectivity index (χ3v) is 6.03. The zero-order valence-corrected chi connectivity index (χ0v) is 16.1. The highest BCUT2D eigenvalue weighted by molar-refractivity contribution is 7.89. The van der Waals surface area contributed by atoms with Crippen LogP contribution in [0.15, 0.2) is 53.4 Å². The van der Waals surface area contributed by atoms with Crippen LogP contribution in [-0.2, 0) is 10.0 Å². The Labute approximate surface area is 164 Å². The van der Waals surface area contributed by atoms with Gasteiger partial charge in [-0.1, -0.05) is 35.7 Å². The van der Waals surface area contributed by atoms with Gasteiger partial charge in [0.1, 0.15) is 0 Å². The molecule has 0 saturated heterocycles. The SMILES string of the molecule is C#CCNS(=O)(=O)c1cccc(C(=O)NC(c2ccc(Cl)cc2)C2CC2)c1. The van der Waals surface area contributed by atoms with E-state index in [0.29, 0.717) is 10.9 Å². The van der Waals surface area contributed by atoms with Crippen molar-refractivity contribution in [2.24, 2.45) is 5.92 Å². The zero-order valence-electron chi connectivity index (χ0n) is 14.5. The topological polar surface area (TPSA) is 75.3 Å². The van der Waals surface area contributed by atoms with Crippen molar-refractivity contribution in [3.8, 4) is 12.3 Å². The van der Waals surface area contributed by atoms with Crippen molar-refractivity contribution in [3.63, 3.8) is 0 Å². The van der Waals surface area contributed by atoms with Crippen LogP contribution in [0.5, 0.6) is 0 Å². The molecular formula is C20H19ClN2O3S. The van der Waals surface area contributed by atoms with Gasteiger partial charge in [-0.25, -0.2) is 8.42 Å². The van der Waals surface area contributed by atoms with Gasteiger partial charge in [0.15, 0.2) is 0 Å². The molecule has 2 aromatic carbocycles. The monoisotopic (exact) mass is 402 g/mol. The molecule has 27 heavy (non-hydrogen) atoms. The Morgan fingerprint density at radius 3 is 2.56 bits per heavy atom. The maximum absolute atomic E-state index is 12.7. The zero-order chi connectivity index (χ0) is 19.4. The summed E-state index contributed by atoms with van der Waals surface area (Å²) in [5, 5.41) is 3.66. The van der Waals surface area contributed by atoms with E-state index in [2.05, 4.69) is 16.0 Å². The molecule has 1 fully saturated rings. The summed E-state index contributed by atoms with van der Waals surface area (Å²) in [4.78, 5) is 12.7. The number of halogens is 1. The van der Waals surface area contributed by atoms with Crippen molar-refractivity contribution in [2.45, 2.75) is 23.8 Å². The molecule has 1 saturated carbocycles. The van der Waals surface area contributed by atoms with Crippen LogP contribution in [0.25, 0.3) is 0 Å². The van der Waals surface area contributed by atoms with Crippen molar-refractivity contribution >= 4 is 27.5 Å². The number of rotatable bonds is 7. The summed E-state index contributed by atoms with van der Waals surface area (Å²) < 4.78 is 26.7. The molecule has 5 nitrogen and oxygen atoms in total. The maximum atomic E-state index is 12.7. The number of benzene rings is 2. The smallest absolute Gasteiger partial charge is 0.251 e. The van der Waals surface area contributed by atoms with Crippen LogP contribution in [0.3, 0.4) is 0 Å². The number of nitrogens with one attached hydrogen (secondary N) is 2. The molecule has 140 valence electrons. The van der Waals surface area contributed by atoms with E-state index in [-0.39, 0.29) is 29.0 Å². The molecule has 1 aliphatic carbocycles. The van der Waals surface area contributed by atoms with E-state index in [0.717, 1.165) is 18.4 Å². The lowest BCUT2D eigenvalue weighted by Gasteiger charge is -2.19. The quantitative estimate of drug-likeness (QED) is 0.698. The van der Waals surface area contributed by atoms with Crippen LogP contribution < -0.4 is 10.0 Å². The molecule has 1 atom stereocenters. The number of hydrogen-bond acceptors (Lipinski definition) is 3. The summed E-state index contributed by atoms with van der Waals surface area (Å²) in [5.41, 5.74) is 1.26. The molecule has 0 aliphatic heterocycles. The molecule has 0 heterocycles. The van der Waals surface area contributed by atoms with E-state index in [4.69, 9.17) is 18.0 Å². The van der Waals surface area contributed by atoms with E-state index in [9.17, 15) is 13.2 Å². The van der Waals surface area contributed by atoms with Crippen LogP contribution in [0.2, 0.25) is 5.02 Å². The molecule has 2 N–H and O–H groups in total. The van der Waals surface area contributed by atoms with Crippen molar-refractivity contribution in [1.82, 2.24) is 10.0 Å². The Morgan fingerprint density at radius 2 is 1.93 bits per heavy atom. The minimum Gasteiger partial charge on any atom is -0.345 e. The van der Waals surface area contributed by atoms with Gasteiger partial charge in [0.25, 0.3) is 5.91 Å². The third kappa shape index (κ3) is 4.89.